The van der Waals surface area contributed by atoms with Gasteiger partial charge in [0, 0.05) is 0 Å². The van der Waals surface area contributed by atoms with Crippen LogP contribution in [-0.2, 0) is 0 Å². The van der Waals surface area contributed by atoms with E-state index < -0.39 is 0 Å². The topological polar surface area (TPSA) is 0 Å². The average molecular weight is 1950 g/mol. The van der Waals surface area contributed by atoms with Crippen molar-refractivity contribution in [1.82, 2.24) is 0 Å². The summed E-state index contributed by atoms with van der Waals surface area (Å²) in [6.07, 6.45) is 142. The van der Waals surface area contributed by atoms with E-state index in [-0.39, 0.29) is 7.43 Å². The Morgan fingerprint density at radius 1 is 0.128 bits per heavy atom. The molecule has 16 aliphatic carbocycles. The molecule has 16 saturated carbocycles. The second kappa shape index (κ2) is 74.8. The van der Waals surface area contributed by atoms with Gasteiger partial charge in [0.15, 0.2) is 0 Å². The molecule has 16 fully saturated rings. The maximum Gasteiger partial charge on any atom is -0.0236 e. The fourth-order valence-electron chi connectivity index (χ4n) is 33.8. The molecule has 0 saturated heterocycles. The highest BCUT2D eigenvalue weighted by Crippen LogP contribution is 2.52. The zero-order valence-corrected chi connectivity index (χ0v) is 96.1. The number of hydrogen-bond donors (Lipinski definition) is 0. The largest absolute Gasteiger partial charge is 0.103 e. The van der Waals surface area contributed by atoms with Crippen molar-refractivity contribution >= 4 is 0 Å². The normalized spacial score (nSPS) is 37.8. The first-order valence-corrected chi connectivity index (χ1v) is 65.7. The highest BCUT2D eigenvalue weighted by Gasteiger charge is 2.39. The summed E-state index contributed by atoms with van der Waals surface area (Å²) >= 11 is 0. The summed E-state index contributed by atoms with van der Waals surface area (Å²) in [6, 6.07) is 0. The van der Waals surface area contributed by atoms with Crippen molar-refractivity contribution in [3.8, 4) is 0 Å². The Morgan fingerprint density at radius 3 is 0.355 bits per heavy atom. The van der Waals surface area contributed by atoms with Crippen LogP contribution < -0.4 is 0 Å². The van der Waals surface area contributed by atoms with Crippen LogP contribution in [-0.4, -0.2) is 0 Å². The molecule has 0 unspecified atom stereocenters. The standard InChI is InChI=1S/2C19H34.2C18H32.2C17H30.2C16H28.CH4/c2*1-3-5-6-7-17-10-14-19(15-11-17)18-12-8-16(4-2)9-13-18;2*1-3-5-6-16-9-13-18(14-10-16)17-11-7-15(4-2)8-12-17;2*1-3-5-15-8-12-17(13-9-15)16-10-6-14(4-2)7-11-16;2*1-3-13-5-9-15(10-6-13)16-11-7-14(4-2)8-12-16;/h2*4,16-19H,2-3,5-15H2,1H3;2*4,15-18H,2-3,5-14H2,1H3;2*4,14-17H,2-3,5-13H2,1H3;2*3,13-16H,1,4-12H2,2H3;1H4. The minimum Gasteiger partial charge on any atom is -0.103 e. The second-order valence-electron chi connectivity index (χ2n) is 53.2. The maximum absolute atomic E-state index is 3.97. The van der Waals surface area contributed by atoms with Crippen LogP contribution in [0.25, 0.3) is 0 Å². The van der Waals surface area contributed by atoms with E-state index in [4.69, 9.17) is 0 Å². The second-order valence-corrected chi connectivity index (χ2v) is 53.2. The third kappa shape index (κ3) is 46.6. The van der Waals surface area contributed by atoms with Crippen LogP contribution in [0.15, 0.2) is 101 Å². The SMILES string of the molecule is C.C=CC1CCC(C2CCC(CC)CC2)CC1.C=CC1CCC(C2CCC(CC)CC2)CC1.C=CC1CCC(C2CCC(CCC)CC2)CC1.C=CC1CCC(C2CCC(CCC)CC2)CC1.C=CC1CCC(C2CCC(CCCC)CC2)CC1.C=CC1CCC(C2CCC(CCCC)CC2)CC1.C=CC1CCC(C2CCC(CCCCC)CC2)CC1.C=CC1CCC(C2CCC(CCCCC)CC2)CC1. The van der Waals surface area contributed by atoms with Crippen LogP contribution >= 0.6 is 0 Å². The van der Waals surface area contributed by atoms with E-state index in [1.165, 1.54) is 514 Å². The van der Waals surface area contributed by atoms with E-state index in [0.29, 0.717) is 0 Å². The average Bonchev–Trinajstić information content (AvgIpc) is 0.890. The van der Waals surface area contributed by atoms with Crippen molar-refractivity contribution in [2.45, 2.75) is 602 Å². The van der Waals surface area contributed by atoms with Crippen molar-refractivity contribution in [2.24, 2.45) is 189 Å². The summed E-state index contributed by atoms with van der Waals surface area (Å²) < 4.78 is 0. The Bertz CT molecular complexity index is 2780. The summed E-state index contributed by atoms with van der Waals surface area (Å²) in [5.74, 6) is 32.4. The van der Waals surface area contributed by atoms with E-state index in [1.807, 2.05) is 0 Å². The first-order chi connectivity index (χ1) is 68.6. The molecule has 0 bridgehead atoms. The van der Waals surface area contributed by atoms with E-state index in [9.17, 15) is 0 Å². The third-order valence-corrected chi connectivity index (χ3v) is 44.6. The molecule has 0 radical (unpaired) electrons. The minimum atomic E-state index is 0. The maximum atomic E-state index is 3.97. The van der Waals surface area contributed by atoms with Gasteiger partial charge in [0.2, 0.25) is 0 Å². The molecule has 0 heteroatoms. The molecule has 0 aromatic carbocycles. The molecule has 0 nitrogen and oxygen atoms in total. The number of unbranched alkanes of at least 4 members (excludes halogenated alkanes) is 6. The molecular weight excluding hydrogens is 1690 g/mol. The van der Waals surface area contributed by atoms with Gasteiger partial charge in [0.25, 0.3) is 0 Å². The van der Waals surface area contributed by atoms with Crippen LogP contribution in [0.2, 0.25) is 0 Å². The van der Waals surface area contributed by atoms with Gasteiger partial charge in [-0.15, -0.1) is 52.6 Å². The lowest BCUT2D eigenvalue weighted by Crippen LogP contribution is -2.25. The first kappa shape index (κ1) is 124. The predicted octanol–water partition coefficient (Wildman–Crippen LogP) is 46.9. The van der Waals surface area contributed by atoms with Gasteiger partial charge in [-0.1, -0.05) is 343 Å². The van der Waals surface area contributed by atoms with Gasteiger partial charge >= 0.3 is 0 Å². The van der Waals surface area contributed by atoms with Gasteiger partial charge in [-0.2, -0.15) is 0 Å². The number of rotatable bonds is 36. The smallest absolute Gasteiger partial charge is 0.0236 e. The summed E-state index contributed by atoms with van der Waals surface area (Å²) in [4.78, 5) is 0. The Hall–Kier alpha value is -2.08. The number of hydrogen-bond acceptors (Lipinski definition) is 0. The molecule has 0 spiro atoms. The van der Waals surface area contributed by atoms with Crippen LogP contribution in [0, 0.1) is 189 Å². The quantitative estimate of drug-likeness (QED) is 0.0433. The highest BCUT2D eigenvalue weighted by atomic mass is 14.4. The molecule has 0 amide bonds. The Balaban J connectivity index is 0.000000197. The zero-order valence-electron chi connectivity index (χ0n) is 96.1. The molecule has 0 N–H and O–H groups in total. The molecule has 141 heavy (non-hydrogen) atoms. The summed E-state index contributed by atoms with van der Waals surface area (Å²) in [7, 11) is 0. The lowest BCUT2D eigenvalue weighted by molar-refractivity contribution is 0.151. The van der Waals surface area contributed by atoms with E-state index >= 15 is 0 Å². The van der Waals surface area contributed by atoms with Gasteiger partial charge in [0.05, 0.1) is 0 Å². The molecule has 0 heterocycles. The summed E-state index contributed by atoms with van der Waals surface area (Å²) in [5.41, 5.74) is 0. The van der Waals surface area contributed by atoms with E-state index in [1.54, 1.807) is 25.7 Å². The number of allylic oxidation sites excluding steroid dienone is 8. The zero-order chi connectivity index (χ0) is 99.5. The molecule has 0 aliphatic heterocycles. The van der Waals surface area contributed by atoms with Crippen molar-refractivity contribution in [2.75, 3.05) is 0 Å². The van der Waals surface area contributed by atoms with Gasteiger partial charge in [-0.05, 0) is 498 Å². The van der Waals surface area contributed by atoms with Crippen molar-refractivity contribution in [3.05, 3.63) is 101 Å². The van der Waals surface area contributed by atoms with Gasteiger partial charge in [-0.25, -0.2) is 0 Å². The Labute approximate surface area is 886 Å². The molecule has 0 aromatic heterocycles. The van der Waals surface area contributed by atoms with Crippen molar-refractivity contribution in [1.29, 1.82) is 0 Å². The van der Waals surface area contributed by atoms with Gasteiger partial charge in [-0.3, -0.25) is 0 Å². The first-order valence-electron chi connectivity index (χ1n) is 65.7. The summed E-state index contributed by atoms with van der Waals surface area (Å²) in [5, 5.41) is 0. The van der Waals surface area contributed by atoms with E-state index in [2.05, 4.69) is 157 Å². The minimum absolute atomic E-state index is 0. The van der Waals surface area contributed by atoms with Gasteiger partial charge in [0.1, 0.15) is 0 Å². The van der Waals surface area contributed by atoms with Crippen molar-refractivity contribution in [3.63, 3.8) is 0 Å². The highest BCUT2D eigenvalue weighted by molar-refractivity contribution is 4.97. The molecular formula is C141H252. The van der Waals surface area contributed by atoms with Crippen LogP contribution in [0.1, 0.15) is 602 Å². The third-order valence-electron chi connectivity index (χ3n) is 44.6. The molecule has 16 rings (SSSR count). The Morgan fingerprint density at radius 2 is 0.241 bits per heavy atom. The molecule has 16 aliphatic rings. The van der Waals surface area contributed by atoms with E-state index in [0.717, 1.165) is 189 Å². The molecule has 0 atom stereocenters. The lowest BCUT2D eigenvalue weighted by Gasteiger charge is -2.37. The lowest BCUT2D eigenvalue weighted by atomic mass is 9.68. The fraction of sp³-hybridized carbons (Fsp3) is 0.887. The van der Waals surface area contributed by atoms with Gasteiger partial charge < -0.3 is 0 Å². The Kier molecular flexibility index (Phi) is 65.8. The van der Waals surface area contributed by atoms with Crippen LogP contribution in [0.5, 0.6) is 0 Å². The van der Waals surface area contributed by atoms with Crippen LogP contribution in [0.3, 0.4) is 0 Å². The fourth-order valence-corrected chi connectivity index (χ4v) is 33.8. The predicted molar refractivity (Wildman–Crippen MR) is 633 cm³/mol. The summed E-state index contributed by atoms with van der Waals surface area (Å²) in [6.45, 7) is 50.3. The molecule has 0 aromatic rings. The van der Waals surface area contributed by atoms with Crippen LogP contribution in [0.4, 0.5) is 0 Å². The monoisotopic (exact) mass is 1950 g/mol. The van der Waals surface area contributed by atoms with Crippen molar-refractivity contribution < 1.29 is 0 Å². The molecule has 816 valence electrons.